The Morgan fingerprint density at radius 3 is 2.85 bits per heavy atom. The molecule has 5 nitrogen and oxygen atoms in total. The van der Waals surface area contributed by atoms with Crippen LogP contribution in [0.15, 0.2) is 42.0 Å². The van der Waals surface area contributed by atoms with Gasteiger partial charge in [-0.05, 0) is 18.2 Å². The van der Waals surface area contributed by atoms with Crippen molar-refractivity contribution in [1.29, 1.82) is 0 Å². The molecule has 0 aromatic carbocycles. The number of carbonyl (C=O) groups is 1. The van der Waals surface area contributed by atoms with Crippen LogP contribution in [0.4, 0.5) is 0 Å². The SMILES string of the molecule is O=C(O)c1cn(-c2ccccn2)nc1-c1csc(Cl)c1. The van der Waals surface area contributed by atoms with Crippen molar-refractivity contribution in [3.8, 4) is 17.1 Å². The smallest absolute Gasteiger partial charge is 0.339 e. The Bertz CT molecular complexity index is 767. The molecule has 0 unspecified atom stereocenters. The molecular formula is C13H8ClN3O2S. The second-order valence-corrected chi connectivity index (χ2v) is 5.51. The van der Waals surface area contributed by atoms with Gasteiger partial charge in [0.15, 0.2) is 5.82 Å². The lowest BCUT2D eigenvalue weighted by molar-refractivity contribution is 0.0697. The van der Waals surface area contributed by atoms with Crippen LogP contribution >= 0.6 is 22.9 Å². The molecular weight excluding hydrogens is 298 g/mol. The van der Waals surface area contributed by atoms with Gasteiger partial charge in [0, 0.05) is 23.3 Å². The molecule has 1 N–H and O–H groups in total. The lowest BCUT2D eigenvalue weighted by atomic mass is 10.1. The number of aromatic carboxylic acids is 1. The maximum atomic E-state index is 11.3. The zero-order valence-electron chi connectivity index (χ0n) is 10.0. The molecule has 0 atom stereocenters. The molecule has 0 fully saturated rings. The second kappa shape index (κ2) is 5.07. The Morgan fingerprint density at radius 1 is 1.40 bits per heavy atom. The lowest BCUT2D eigenvalue weighted by Crippen LogP contribution is -1.97. The van der Waals surface area contributed by atoms with Gasteiger partial charge in [0.1, 0.15) is 11.3 Å². The van der Waals surface area contributed by atoms with Gasteiger partial charge in [-0.15, -0.1) is 11.3 Å². The highest BCUT2D eigenvalue weighted by atomic mass is 35.5. The van der Waals surface area contributed by atoms with Crippen LogP contribution < -0.4 is 0 Å². The minimum Gasteiger partial charge on any atom is -0.478 e. The Hall–Kier alpha value is -2.18. The fraction of sp³-hybridized carbons (Fsp3) is 0. The second-order valence-electron chi connectivity index (χ2n) is 3.97. The minimum atomic E-state index is -1.04. The summed E-state index contributed by atoms with van der Waals surface area (Å²) in [7, 11) is 0. The van der Waals surface area contributed by atoms with Crippen molar-refractivity contribution in [2.24, 2.45) is 0 Å². The number of thiophene rings is 1. The van der Waals surface area contributed by atoms with Gasteiger partial charge in [0.2, 0.25) is 0 Å². The van der Waals surface area contributed by atoms with Crippen LogP contribution in [0.25, 0.3) is 17.1 Å². The molecule has 0 spiro atoms. The van der Waals surface area contributed by atoms with Crippen molar-refractivity contribution < 1.29 is 9.90 Å². The number of nitrogens with zero attached hydrogens (tertiary/aromatic N) is 3. The van der Waals surface area contributed by atoms with Gasteiger partial charge in [-0.25, -0.2) is 14.5 Å². The highest BCUT2D eigenvalue weighted by Crippen LogP contribution is 2.30. The standard InChI is InChI=1S/C13H8ClN3O2S/c14-10-5-8(7-20-10)12-9(13(18)19)6-17(16-12)11-3-1-2-4-15-11/h1-7H,(H,18,19). The van der Waals surface area contributed by atoms with Gasteiger partial charge in [0.05, 0.1) is 4.34 Å². The minimum absolute atomic E-state index is 0.116. The summed E-state index contributed by atoms with van der Waals surface area (Å²) in [5.74, 6) is -0.480. The number of aromatic nitrogens is 3. The normalized spacial score (nSPS) is 10.7. The first-order valence-electron chi connectivity index (χ1n) is 5.64. The largest absolute Gasteiger partial charge is 0.478 e. The first-order chi connectivity index (χ1) is 9.65. The van der Waals surface area contributed by atoms with E-state index in [2.05, 4.69) is 10.1 Å². The zero-order chi connectivity index (χ0) is 14.1. The van der Waals surface area contributed by atoms with Crippen LogP contribution in [0.5, 0.6) is 0 Å². The van der Waals surface area contributed by atoms with Gasteiger partial charge in [-0.2, -0.15) is 5.10 Å². The van der Waals surface area contributed by atoms with E-state index in [1.54, 1.807) is 29.8 Å². The van der Waals surface area contributed by atoms with E-state index >= 15 is 0 Å². The summed E-state index contributed by atoms with van der Waals surface area (Å²) in [5.41, 5.74) is 1.18. The molecule has 0 radical (unpaired) electrons. The summed E-state index contributed by atoms with van der Waals surface area (Å²) in [6, 6.07) is 7.04. The van der Waals surface area contributed by atoms with Crippen LogP contribution in [0.2, 0.25) is 4.34 Å². The molecule has 0 saturated heterocycles. The molecule has 0 aliphatic rings. The van der Waals surface area contributed by atoms with E-state index < -0.39 is 5.97 Å². The van der Waals surface area contributed by atoms with Gasteiger partial charge in [-0.1, -0.05) is 17.7 Å². The molecule has 100 valence electrons. The summed E-state index contributed by atoms with van der Waals surface area (Å²) < 4.78 is 2.04. The average Bonchev–Trinajstić information content (AvgIpc) is 3.05. The third kappa shape index (κ3) is 2.31. The van der Waals surface area contributed by atoms with E-state index in [1.165, 1.54) is 22.2 Å². The van der Waals surface area contributed by atoms with Crippen molar-refractivity contribution in [1.82, 2.24) is 14.8 Å². The Balaban J connectivity index is 2.15. The highest BCUT2D eigenvalue weighted by Gasteiger charge is 2.19. The molecule has 0 aliphatic carbocycles. The summed E-state index contributed by atoms with van der Waals surface area (Å²) in [4.78, 5) is 15.5. The number of halogens is 1. The third-order valence-electron chi connectivity index (χ3n) is 2.67. The summed E-state index contributed by atoms with van der Waals surface area (Å²) in [6.07, 6.45) is 3.07. The summed E-state index contributed by atoms with van der Waals surface area (Å²) in [5, 5.41) is 15.4. The van der Waals surface area contributed by atoms with Crippen molar-refractivity contribution in [2.75, 3.05) is 0 Å². The third-order valence-corrected chi connectivity index (χ3v) is 3.76. The van der Waals surface area contributed by atoms with Crippen molar-refractivity contribution in [3.63, 3.8) is 0 Å². The molecule has 20 heavy (non-hydrogen) atoms. The van der Waals surface area contributed by atoms with E-state index in [4.69, 9.17) is 11.6 Å². The monoisotopic (exact) mass is 305 g/mol. The lowest BCUT2D eigenvalue weighted by Gasteiger charge is -1.97. The molecule has 0 amide bonds. The average molecular weight is 306 g/mol. The van der Waals surface area contributed by atoms with E-state index in [9.17, 15) is 9.90 Å². The molecule has 0 bridgehead atoms. The Morgan fingerprint density at radius 2 is 2.25 bits per heavy atom. The predicted octanol–water partition coefficient (Wildman–Crippen LogP) is 3.35. The van der Waals surface area contributed by atoms with E-state index in [0.717, 1.165) is 0 Å². The van der Waals surface area contributed by atoms with Crippen LogP contribution in [-0.4, -0.2) is 25.8 Å². The summed E-state index contributed by atoms with van der Waals surface area (Å²) in [6.45, 7) is 0. The quantitative estimate of drug-likeness (QED) is 0.805. The van der Waals surface area contributed by atoms with Gasteiger partial charge in [0.25, 0.3) is 0 Å². The number of pyridine rings is 1. The van der Waals surface area contributed by atoms with Gasteiger partial charge in [-0.3, -0.25) is 0 Å². The van der Waals surface area contributed by atoms with Crippen LogP contribution in [0, 0.1) is 0 Å². The first kappa shape index (κ1) is 12.8. The van der Waals surface area contributed by atoms with E-state index in [1.807, 2.05) is 6.07 Å². The molecule has 3 aromatic heterocycles. The highest BCUT2D eigenvalue weighted by molar-refractivity contribution is 7.14. The van der Waals surface area contributed by atoms with Crippen molar-refractivity contribution >= 4 is 28.9 Å². The number of carboxylic acids is 1. The molecule has 0 saturated carbocycles. The number of hydrogen-bond donors (Lipinski definition) is 1. The van der Waals surface area contributed by atoms with Crippen LogP contribution in [-0.2, 0) is 0 Å². The molecule has 3 heterocycles. The fourth-order valence-corrected chi connectivity index (χ4v) is 2.65. The van der Waals surface area contributed by atoms with E-state index in [-0.39, 0.29) is 5.56 Å². The van der Waals surface area contributed by atoms with Crippen molar-refractivity contribution in [3.05, 3.63) is 51.9 Å². The topological polar surface area (TPSA) is 68.0 Å². The number of carboxylic acid groups (broad SMARTS) is 1. The first-order valence-corrected chi connectivity index (χ1v) is 6.89. The zero-order valence-corrected chi connectivity index (χ0v) is 11.6. The Labute approximate surface area is 123 Å². The molecule has 3 aromatic rings. The van der Waals surface area contributed by atoms with E-state index in [0.29, 0.717) is 21.4 Å². The summed E-state index contributed by atoms with van der Waals surface area (Å²) >= 11 is 7.22. The molecule has 7 heteroatoms. The maximum Gasteiger partial charge on any atom is 0.339 e. The van der Waals surface area contributed by atoms with Crippen molar-refractivity contribution in [2.45, 2.75) is 0 Å². The van der Waals surface area contributed by atoms with Gasteiger partial charge >= 0.3 is 5.97 Å². The Kier molecular flexibility index (Phi) is 3.25. The van der Waals surface area contributed by atoms with Crippen LogP contribution in [0.3, 0.4) is 0 Å². The van der Waals surface area contributed by atoms with Gasteiger partial charge < -0.3 is 5.11 Å². The number of rotatable bonds is 3. The molecule has 0 aliphatic heterocycles. The predicted molar refractivity (Wildman–Crippen MR) is 76.6 cm³/mol. The molecule has 3 rings (SSSR count). The fourth-order valence-electron chi connectivity index (χ4n) is 1.78. The number of hydrogen-bond acceptors (Lipinski definition) is 4. The maximum absolute atomic E-state index is 11.3. The van der Waals surface area contributed by atoms with Crippen LogP contribution in [0.1, 0.15) is 10.4 Å².